The fourth-order valence-electron chi connectivity index (χ4n) is 2.61. The minimum atomic E-state index is -3.48. The molecule has 0 aliphatic carbocycles. The number of nitrogens with zero attached hydrogens (tertiary/aromatic N) is 1. The Hall–Kier alpha value is -1.31. The molecule has 1 fully saturated rings. The van der Waals surface area contributed by atoms with E-state index in [4.69, 9.17) is 22.1 Å². The summed E-state index contributed by atoms with van der Waals surface area (Å²) in [6.45, 7) is 0.925. The van der Waals surface area contributed by atoms with E-state index in [1.54, 1.807) is 48.5 Å². The van der Waals surface area contributed by atoms with Gasteiger partial charge in [0.2, 0.25) is 10.0 Å². The Bertz CT molecular complexity index is 805. The Labute approximate surface area is 159 Å². The summed E-state index contributed by atoms with van der Waals surface area (Å²) in [6.07, 6.45) is 1.38. The summed E-state index contributed by atoms with van der Waals surface area (Å²) in [5, 5.41) is 0.579. The van der Waals surface area contributed by atoms with Crippen LogP contribution in [0.5, 0.6) is 11.5 Å². The van der Waals surface area contributed by atoms with Crippen LogP contribution >= 0.6 is 24.0 Å². The summed E-state index contributed by atoms with van der Waals surface area (Å²) in [7, 11) is -3.48. The van der Waals surface area contributed by atoms with Crippen molar-refractivity contribution in [2.75, 3.05) is 13.1 Å². The van der Waals surface area contributed by atoms with E-state index in [-0.39, 0.29) is 23.3 Å². The van der Waals surface area contributed by atoms with Crippen molar-refractivity contribution in [1.82, 2.24) is 4.31 Å². The highest BCUT2D eigenvalue weighted by Crippen LogP contribution is 2.26. The molecule has 0 bridgehead atoms. The molecule has 0 unspecified atom stereocenters. The lowest BCUT2D eigenvalue weighted by Gasteiger charge is -2.29. The minimum Gasteiger partial charge on any atom is -0.457 e. The first-order valence-corrected chi connectivity index (χ1v) is 9.56. The zero-order valence-electron chi connectivity index (χ0n) is 13.5. The van der Waals surface area contributed by atoms with E-state index in [0.29, 0.717) is 42.5 Å². The van der Waals surface area contributed by atoms with Gasteiger partial charge in [0.25, 0.3) is 0 Å². The van der Waals surface area contributed by atoms with Crippen molar-refractivity contribution in [3.63, 3.8) is 0 Å². The second-order valence-corrected chi connectivity index (χ2v) is 8.15. The van der Waals surface area contributed by atoms with E-state index in [1.807, 2.05) is 0 Å². The molecule has 136 valence electrons. The molecule has 0 saturated carbocycles. The van der Waals surface area contributed by atoms with Crippen LogP contribution in [0.1, 0.15) is 12.8 Å². The predicted molar refractivity (Wildman–Crippen MR) is 101 cm³/mol. The van der Waals surface area contributed by atoms with Gasteiger partial charge in [-0.1, -0.05) is 17.7 Å². The molecule has 1 aliphatic heterocycles. The van der Waals surface area contributed by atoms with Gasteiger partial charge in [-0.3, -0.25) is 0 Å². The van der Waals surface area contributed by atoms with Gasteiger partial charge in [0, 0.05) is 24.2 Å². The van der Waals surface area contributed by atoms with E-state index in [9.17, 15) is 8.42 Å². The molecule has 2 aromatic carbocycles. The van der Waals surface area contributed by atoms with E-state index in [0.717, 1.165) is 0 Å². The molecule has 3 rings (SSSR count). The zero-order valence-corrected chi connectivity index (χ0v) is 15.9. The molecule has 1 saturated heterocycles. The van der Waals surface area contributed by atoms with Crippen molar-refractivity contribution in [1.29, 1.82) is 0 Å². The van der Waals surface area contributed by atoms with Gasteiger partial charge in [-0.25, -0.2) is 8.42 Å². The second-order valence-electron chi connectivity index (χ2n) is 5.77. The molecular formula is C17H20Cl2N2O3S. The highest BCUT2D eigenvalue weighted by Gasteiger charge is 2.28. The number of sulfonamides is 1. The molecule has 5 nitrogen and oxygen atoms in total. The molecule has 8 heteroatoms. The van der Waals surface area contributed by atoms with Crippen LogP contribution in [0, 0.1) is 0 Å². The molecule has 25 heavy (non-hydrogen) atoms. The van der Waals surface area contributed by atoms with Crippen molar-refractivity contribution < 1.29 is 13.2 Å². The van der Waals surface area contributed by atoms with Crippen molar-refractivity contribution in [2.24, 2.45) is 5.73 Å². The maximum absolute atomic E-state index is 12.6. The number of hydrogen-bond acceptors (Lipinski definition) is 4. The molecule has 1 aliphatic rings. The van der Waals surface area contributed by atoms with Gasteiger partial charge in [0.05, 0.1) is 4.90 Å². The van der Waals surface area contributed by atoms with E-state index < -0.39 is 10.0 Å². The van der Waals surface area contributed by atoms with Crippen molar-refractivity contribution in [3.8, 4) is 11.5 Å². The van der Waals surface area contributed by atoms with Crippen LogP contribution in [-0.2, 0) is 10.0 Å². The molecule has 0 aromatic heterocycles. The number of ether oxygens (including phenoxy) is 1. The normalized spacial score (nSPS) is 16.2. The standard InChI is InChI=1S/C17H19ClN2O3S.ClH/c18-13-2-1-3-16(12-13)23-15-4-6-17(7-5-15)24(21,22)20-10-8-14(19)9-11-20;/h1-7,12,14H,8-11,19H2;1H. The number of benzene rings is 2. The van der Waals surface area contributed by atoms with Crippen LogP contribution in [0.4, 0.5) is 0 Å². The summed E-state index contributed by atoms with van der Waals surface area (Å²) in [5.74, 6) is 1.15. The van der Waals surface area contributed by atoms with Gasteiger partial charge >= 0.3 is 0 Å². The third-order valence-electron chi connectivity index (χ3n) is 3.99. The topological polar surface area (TPSA) is 72.6 Å². The number of halogens is 2. The number of nitrogens with two attached hydrogens (primary N) is 1. The van der Waals surface area contributed by atoms with Gasteiger partial charge in [-0.05, 0) is 55.3 Å². The SMILES string of the molecule is Cl.NC1CCN(S(=O)(=O)c2ccc(Oc3cccc(Cl)c3)cc2)CC1. The van der Waals surface area contributed by atoms with Crippen LogP contribution in [0.2, 0.25) is 5.02 Å². The second kappa shape index (κ2) is 8.38. The van der Waals surface area contributed by atoms with Crippen LogP contribution in [0.15, 0.2) is 53.4 Å². The lowest BCUT2D eigenvalue weighted by atomic mass is 10.1. The molecule has 2 N–H and O–H groups in total. The van der Waals surface area contributed by atoms with Crippen molar-refractivity contribution in [2.45, 2.75) is 23.8 Å². The van der Waals surface area contributed by atoms with E-state index in [2.05, 4.69) is 0 Å². The molecule has 2 aromatic rings. The molecule has 0 radical (unpaired) electrons. The molecule has 1 heterocycles. The van der Waals surface area contributed by atoms with Gasteiger partial charge in [-0.2, -0.15) is 4.31 Å². The number of piperidine rings is 1. The van der Waals surface area contributed by atoms with E-state index >= 15 is 0 Å². The Morgan fingerprint density at radius 1 is 1.04 bits per heavy atom. The predicted octanol–water partition coefficient (Wildman–Crippen LogP) is 3.67. The number of hydrogen-bond donors (Lipinski definition) is 1. The molecule has 0 atom stereocenters. The van der Waals surface area contributed by atoms with Crippen LogP contribution < -0.4 is 10.5 Å². The molecule has 0 spiro atoms. The third-order valence-corrected chi connectivity index (χ3v) is 6.14. The monoisotopic (exact) mass is 402 g/mol. The smallest absolute Gasteiger partial charge is 0.243 e. The average molecular weight is 403 g/mol. The Kier molecular flexibility index (Phi) is 6.71. The van der Waals surface area contributed by atoms with Gasteiger partial charge in [0.1, 0.15) is 11.5 Å². The highest BCUT2D eigenvalue weighted by molar-refractivity contribution is 7.89. The summed E-state index contributed by atoms with van der Waals surface area (Å²) < 4.78 is 32.4. The fourth-order valence-corrected chi connectivity index (χ4v) is 4.26. The number of rotatable bonds is 4. The van der Waals surface area contributed by atoms with Crippen LogP contribution in [-0.4, -0.2) is 31.9 Å². The fraction of sp³-hybridized carbons (Fsp3) is 0.294. The largest absolute Gasteiger partial charge is 0.457 e. The summed E-state index contributed by atoms with van der Waals surface area (Å²) in [6, 6.07) is 13.5. The lowest BCUT2D eigenvalue weighted by molar-refractivity contribution is 0.320. The first kappa shape index (κ1) is 20.0. The quantitative estimate of drug-likeness (QED) is 0.846. The van der Waals surface area contributed by atoms with Crippen molar-refractivity contribution in [3.05, 3.63) is 53.6 Å². The van der Waals surface area contributed by atoms with Gasteiger partial charge in [-0.15, -0.1) is 12.4 Å². The maximum atomic E-state index is 12.6. The zero-order chi connectivity index (χ0) is 17.2. The highest BCUT2D eigenvalue weighted by atomic mass is 35.5. The Balaban J connectivity index is 0.00000225. The summed E-state index contributed by atoms with van der Waals surface area (Å²) in [5.41, 5.74) is 5.84. The third kappa shape index (κ3) is 4.86. The summed E-state index contributed by atoms with van der Waals surface area (Å²) >= 11 is 5.92. The van der Waals surface area contributed by atoms with Crippen LogP contribution in [0.3, 0.4) is 0 Å². The molecular weight excluding hydrogens is 383 g/mol. The average Bonchev–Trinajstić information content (AvgIpc) is 2.56. The van der Waals surface area contributed by atoms with E-state index in [1.165, 1.54) is 4.31 Å². The Morgan fingerprint density at radius 2 is 1.68 bits per heavy atom. The first-order chi connectivity index (χ1) is 11.4. The molecule has 0 amide bonds. The first-order valence-electron chi connectivity index (χ1n) is 7.74. The summed E-state index contributed by atoms with van der Waals surface area (Å²) in [4.78, 5) is 0.261. The van der Waals surface area contributed by atoms with Gasteiger partial charge in [0.15, 0.2) is 0 Å². The minimum absolute atomic E-state index is 0. The van der Waals surface area contributed by atoms with Crippen molar-refractivity contribution >= 4 is 34.0 Å². The Morgan fingerprint density at radius 3 is 2.28 bits per heavy atom. The lowest BCUT2D eigenvalue weighted by Crippen LogP contribution is -2.42. The van der Waals surface area contributed by atoms with Crippen LogP contribution in [0.25, 0.3) is 0 Å². The maximum Gasteiger partial charge on any atom is 0.243 e. The van der Waals surface area contributed by atoms with Gasteiger partial charge < -0.3 is 10.5 Å².